The van der Waals surface area contributed by atoms with Crippen LogP contribution in [0, 0.1) is 12.3 Å². The third kappa shape index (κ3) is 2.63. The second-order valence-corrected chi connectivity index (χ2v) is 3.87. The highest BCUT2D eigenvalue weighted by molar-refractivity contribution is 5.44. The lowest BCUT2D eigenvalue weighted by atomic mass is 10.0. The normalized spacial score (nSPS) is 29.6. The summed E-state index contributed by atoms with van der Waals surface area (Å²) in [5, 5.41) is 13.4. The molecule has 0 bridgehead atoms. The van der Waals surface area contributed by atoms with E-state index >= 15 is 0 Å². The first-order valence-corrected chi connectivity index (χ1v) is 5.61. The van der Waals surface area contributed by atoms with Crippen LogP contribution in [0.15, 0.2) is 36.0 Å². The topological polar surface area (TPSA) is 32.3 Å². The summed E-state index contributed by atoms with van der Waals surface area (Å²) in [6.45, 7) is 6.14. The standard InChI is InChI=1S/C14H19NO/c1-4-7-12-9-10-14(16,15-11-6-3)13(12)8-5-2/h3,5,7-8,15-16H,2,4,9-11H2,1H3/b12-7-,13-8+. The average Bonchev–Trinajstić information content (AvgIpc) is 2.57. The van der Waals surface area contributed by atoms with Crippen molar-refractivity contribution >= 4 is 0 Å². The zero-order valence-corrected chi connectivity index (χ0v) is 9.79. The van der Waals surface area contributed by atoms with Crippen molar-refractivity contribution in [2.24, 2.45) is 0 Å². The second-order valence-electron chi connectivity index (χ2n) is 3.87. The van der Waals surface area contributed by atoms with E-state index in [1.165, 1.54) is 5.57 Å². The maximum atomic E-state index is 10.4. The van der Waals surface area contributed by atoms with Crippen molar-refractivity contribution in [3.63, 3.8) is 0 Å². The molecule has 0 aliphatic heterocycles. The maximum Gasteiger partial charge on any atom is 0.143 e. The van der Waals surface area contributed by atoms with Gasteiger partial charge in [0.2, 0.25) is 0 Å². The molecule has 1 aliphatic carbocycles. The molecular formula is C14H19NO. The fourth-order valence-electron chi connectivity index (χ4n) is 2.05. The van der Waals surface area contributed by atoms with Crippen molar-refractivity contribution in [3.8, 4) is 12.3 Å². The van der Waals surface area contributed by atoms with Crippen LogP contribution in [-0.4, -0.2) is 17.4 Å². The molecule has 1 saturated carbocycles. The van der Waals surface area contributed by atoms with E-state index in [1.807, 2.05) is 6.08 Å². The van der Waals surface area contributed by atoms with Crippen LogP contribution in [-0.2, 0) is 0 Å². The molecule has 2 heteroatoms. The Morgan fingerprint density at radius 1 is 1.69 bits per heavy atom. The van der Waals surface area contributed by atoms with Crippen molar-refractivity contribution in [1.82, 2.24) is 5.32 Å². The number of aliphatic hydroxyl groups is 1. The average molecular weight is 217 g/mol. The molecule has 0 saturated heterocycles. The van der Waals surface area contributed by atoms with E-state index in [0.717, 1.165) is 18.4 Å². The van der Waals surface area contributed by atoms with Gasteiger partial charge in [-0.05, 0) is 24.8 Å². The summed E-state index contributed by atoms with van der Waals surface area (Å²) in [6, 6.07) is 0. The van der Waals surface area contributed by atoms with Gasteiger partial charge in [0.25, 0.3) is 0 Å². The molecule has 0 radical (unpaired) electrons. The predicted molar refractivity (Wildman–Crippen MR) is 67.7 cm³/mol. The number of hydrogen-bond acceptors (Lipinski definition) is 2. The van der Waals surface area contributed by atoms with Gasteiger partial charge in [-0.1, -0.05) is 37.7 Å². The molecule has 0 heterocycles. The molecule has 1 rings (SSSR count). The monoisotopic (exact) mass is 217 g/mol. The molecule has 1 atom stereocenters. The van der Waals surface area contributed by atoms with Crippen molar-refractivity contribution in [2.45, 2.75) is 31.9 Å². The van der Waals surface area contributed by atoms with Gasteiger partial charge in [-0.15, -0.1) is 6.42 Å². The van der Waals surface area contributed by atoms with Gasteiger partial charge >= 0.3 is 0 Å². The molecule has 2 N–H and O–H groups in total. The minimum absolute atomic E-state index is 0.365. The number of terminal acetylenes is 1. The van der Waals surface area contributed by atoms with Crippen LogP contribution >= 0.6 is 0 Å². The van der Waals surface area contributed by atoms with Gasteiger partial charge in [-0.2, -0.15) is 0 Å². The summed E-state index contributed by atoms with van der Waals surface area (Å²) >= 11 is 0. The zero-order valence-electron chi connectivity index (χ0n) is 9.79. The van der Waals surface area contributed by atoms with Gasteiger partial charge in [-0.3, -0.25) is 5.32 Å². The van der Waals surface area contributed by atoms with E-state index in [1.54, 1.807) is 6.08 Å². The van der Waals surface area contributed by atoms with Gasteiger partial charge in [0.05, 0.1) is 6.54 Å². The lowest BCUT2D eigenvalue weighted by Crippen LogP contribution is -2.44. The SMILES string of the molecule is C#CCNC1(O)CCC(=C/CC)/C1=C\C=C. The molecule has 1 unspecified atom stereocenters. The summed E-state index contributed by atoms with van der Waals surface area (Å²) in [5.41, 5.74) is 1.11. The third-order valence-corrected chi connectivity index (χ3v) is 2.77. The zero-order chi connectivity index (χ0) is 12.0. The van der Waals surface area contributed by atoms with Crippen LogP contribution in [0.4, 0.5) is 0 Å². The molecular weight excluding hydrogens is 198 g/mol. The van der Waals surface area contributed by atoms with Gasteiger partial charge < -0.3 is 5.11 Å². The molecule has 0 spiro atoms. The number of rotatable bonds is 4. The summed E-state index contributed by atoms with van der Waals surface area (Å²) in [6.07, 6.45) is 13.4. The smallest absolute Gasteiger partial charge is 0.143 e. The summed E-state index contributed by atoms with van der Waals surface area (Å²) in [4.78, 5) is 0. The van der Waals surface area contributed by atoms with E-state index in [2.05, 4.69) is 30.8 Å². The lowest BCUT2D eigenvalue weighted by Gasteiger charge is -2.25. The van der Waals surface area contributed by atoms with E-state index in [9.17, 15) is 5.11 Å². The van der Waals surface area contributed by atoms with Crippen LogP contribution in [0.2, 0.25) is 0 Å². The second kappa shape index (κ2) is 5.69. The van der Waals surface area contributed by atoms with E-state index in [-0.39, 0.29) is 0 Å². The van der Waals surface area contributed by atoms with Crippen molar-refractivity contribution in [1.29, 1.82) is 0 Å². The third-order valence-electron chi connectivity index (χ3n) is 2.77. The van der Waals surface area contributed by atoms with E-state index in [0.29, 0.717) is 13.0 Å². The number of allylic oxidation sites excluding steroid dienone is 3. The fraction of sp³-hybridized carbons (Fsp3) is 0.429. The summed E-state index contributed by atoms with van der Waals surface area (Å²) in [7, 11) is 0. The van der Waals surface area contributed by atoms with Crippen molar-refractivity contribution in [3.05, 3.63) is 36.0 Å². The highest BCUT2D eigenvalue weighted by Gasteiger charge is 2.37. The Kier molecular flexibility index (Phi) is 4.54. The molecule has 0 aromatic rings. The van der Waals surface area contributed by atoms with Crippen LogP contribution in [0.3, 0.4) is 0 Å². The van der Waals surface area contributed by atoms with Gasteiger partial charge in [0, 0.05) is 5.57 Å². The van der Waals surface area contributed by atoms with Crippen molar-refractivity contribution < 1.29 is 5.11 Å². The van der Waals surface area contributed by atoms with E-state index in [4.69, 9.17) is 6.42 Å². The molecule has 86 valence electrons. The van der Waals surface area contributed by atoms with Gasteiger partial charge in [-0.25, -0.2) is 0 Å². The van der Waals surface area contributed by atoms with Crippen molar-refractivity contribution in [2.75, 3.05) is 6.54 Å². The lowest BCUT2D eigenvalue weighted by molar-refractivity contribution is 0.0537. The summed E-state index contributed by atoms with van der Waals surface area (Å²) < 4.78 is 0. The Hall–Kier alpha value is -1.30. The van der Waals surface area contributed by atoms with Crippen LogP contribution in [0.1, 0.15) is 26.2 Å². The summed E-state index contributed by atoms with van der Waals surface area (Å²) in [5.74, 6) is 2.49. The predicted octanol–water partition coefficient (Wildman–Crippen LogP) is 2.14. The number of hydrogen-bond donors (Lipinski definition) is 2. The number of nitrogens with one attached hydrogen (secondary N) is 1. The highest BCUT2D eigenvalue weighted by atomic mass is 16.3. The Labute approximate surface area is 97.8 Å². The highest BCUT2D eigenvalue weighted by Crippen LogP contribution is 2.37. The molecule has 16 heavy (non-hydrogen) atoms. The first-order valence-electron chi connectivity index (χ1n) is 5.61. The van der Waals surface area contributed by atoms with Gasteiger partial charge in [0.1, 0.15) is 5.72 Å². The quantitative estimate of drug-likeness (QED) is 0.558. The Morgan fingerprint density at radius 3 is 3.00 bits per heavy atom. The van der Waals surface area contributed by atoms with Gasteiger partial charge in [0.15, 0.2) is 0 Å². The van der Waals surface area contributed by atoms with Crippen LogP contribution in [0.5, 0.6) is 0 Å². The molecule has 0 amide bonds. The van der Waals surface area contributed by atoms with Crippen LogP contribution in [0.25, 0.3) is 0 Å². The Balaban J connectivity index is 2.96. The molecule has 2 nitrogen and oxygen atoms in total. The Morgan fingerprint density at radius 2 is 2.44 bits per heavy atom. The first kappa shape index (κ1) is 12.8. The van der Waals surface area contributed by atoms with E-state index < -0.39 is 5.72 Å². The first-order chi connectivity index (χ1) is 7.68. The molecule has 1 aliphatic rings. The fourth-order valence-corrected chi connectivity index (χ4v) is 2.05. The minimum Gasteiger partial charge on any atom is -0.372 e. The Bertz CT molecular complexity index is 359. The molecule has 0 aromatic carbocycles. The molecule has 1 fully saturated rings. The maximum absolute atomic E-state index is 10.4. The largest absolute Gasteiger partial charge is 0.372 e. The van der Waals surface area contributed by atoms with Crippen LogP contribution < -0.4 is 5.32 Å². The minimum atomic E-state index is -0.985. The molecule has 0 aromatic heterocycles.